The minimum Gasteiger partial charge on any atom is -0.394 e. The van der Waals surface area contributed by atoms with Crippen LogP contribution in [0, 0.1) is 11.6 Å². The van der Waals surface area contributed by atoms with Gasteiger partial charge >= 0.3 is 0 Å². The van der Waals surface area contributed by atoms with E-state index in [2.05, 4.69) is 0 Å². The van der Waals surface area contributed by atoms with Gasteiger partial charge in [0, 0.05) is 19.2 Å². The van der Waals surface area contributed by atoms with Gasteiger partial charge < -0.3 is 9.84 Å². The summed E-state index contributed by atoms with van der Waals surface area (Å²) in [5, 5.41) is 9.20. The van der Waals surface area contributed by atoms with Gasteiger partial charge in [-0.15, -0.1) is 0 Å². The van der Waals surface area contributed by atoms with Crippen LogP contribution in [0.2, 0.25) is 0 Å². The maximum Gasteiger partial charge on any atom is 0.182 e. The summed E-state index contributed by atoms with van der Waals surface area (Å²) in [5.74, 6) is -1.97. The van der Waals surface area contributed by atoms with Crippen LogP contribution in [0.3, 0.4) is 0 Å². The van der Waals surface area contributed by atoms with Gasteiger partial charge in [0.05, 0.1) is 30.4 Å². The Morgan fingerprint density at radius 3 is 2.81 bits per heavy atom. The lowest BCUT2D eigenvalue weighted by Gasteiger charge is -2.38. The average Bonchev–Trinajstić information content (AvgIpc) is 2.45. The number of ether oxygens (including phenoxy) is 1. The van der Waals surface area contributed by atoms with Crippen molar-refractivity contribution in [3.63, 3.8) is 0 Å². The van der Waals surface area contributed by atoms with E-state index in [1.54, 1.807) is 6.92 Å². The first-order valence-corrected chi connectivity index (χ1v) is 6.92. The highest BCUT2D eigenvalue weighted by atomic mass is 19.1. The zero-order chi connectivity index (χ0) is 15.6. The lowest BCUT2D eigenvalue weighted by atomic mass is 10.0. The molecule has 3 atom stereocenters. The van der Waals surface area contributed by atoms with Gasteiger partial charge in [0.1, 0.15) is 11.6 Å². The van der Waals surface area contributed by atoms with Crippen LogP contribution in [-0.4, -0.2) is 53.7 Å². The molecule has 0 spiro atoms. The molecule has 116 valence electrons. The summed E-state index contributed by atoms with van der Waals surface area (Å²) in [6.07, 6.45) is -0.480. The smallest absolute Gasteiger partial charge is 0.182 e. The van der Waals surface area contributed by atoms with Crippen LogP contribution in [0.5, 0.6) is 0 Å². The molecule has 4 nitrogen and oxygen atoms in total. The Hall–Kier alpha value is -1.37. The van der Waals surface area contributed by atoms with Gasteiger partial charge in [-0.25, -0.2) is 8.78 Å². The predicted octanol–water partition coefficient (Wildman–Crippen LogP) is 1.62. The van der Waals surface area contributed by atoms with Crippen molar-refractivity contribution in [3.8, 4) is 0 Å². The first-order chi connectivity index (χ1) is 9.92. The Bertz CT molecular complexity index is 524. The Labute approximate surface area is 122 Å². The van der Waals surface area contributed by atoms with Crippen LogP contribution in [0.1, 0.15) is 24.2 Å². The molecule has 0 aliphatic carbocycles. The van der Waals surface area contributed by atoms with E-state index in [1.165, 1.54) is 0 Å². The number of carbonyl (C=O) groups excluding carboxylic acids is 1. The number of morpholine rings is 1. The number of aliphatic hydroxyl groups is 1. The second-order valence-corrected chi connectivity index (χ2v) is 5.37. The summed E-state index contributed by atoms with van der Waals surface area (Å²) in [7, 11) is 0. The summed E-state index contributed by atoms with van der Waals surface area (Å²) < 4.78 is 32.1. The fourth-order valence-corrected chi connectivity index (χ4v) is 2.58. The van der Waals surface area contributed by atoms with Crippen molar-refractivity contribution in [1.82, 2.24) is 4.90 Å². The first-order valence-electron chi connectivity index (χ1n) is 6.92. The Kier molecular flexibility index (Phi) is 5.03. The van der Waals surface area contributed by atoms with E-state index < -0.39 is 23.5 Å². The van der Waals surface area contributed by atoms with E-state index in [-0.39, 0.29) is 24.4 Å². The average molecular weight is 299 g/mol. The second kappa shape index (κ2) is 6.60. The summed E-state index contributed by atoms with van der Waals surface area (Å²) in [6.45, 7) is 4.32. The first kappa shape index (κ1) is 16.0. The van der Waals surface area contributed by atoms with Gasteiger partial charge in [0.15, 0.2) is 5.78 Å². The number of benzene rings is 1. The van der Waals surface area contributed by atoms with Crippen LogP contribution < -0.4 is 0 Å². The minimum absolute atomic E-state index is 0.121. The number of halogens is 2. The molecule has 1 fully saturated rings. The topological polar surface area (TPSA) is 49.8 Å². The van der Waals surface area contributed by atoms with Crippen molar-refractivity contribution >= 4 is 5.78 Å². The molecule has 1 aliphatic heterocycles. The van der Waals surface area contributed by atoms with Crippen LogP contribution in [0.4, 0.5) is 8.78 Å². The number of Topliss-reactive ketones (excluding diaryl/α,β-unsaturated/α-hetero) is 1. The largest absolute Gasteiger partial charge is 0.394 e. The molecule has 6 heteroatoms. The highest BCUT2D eigenvalue weighted by Crippen LogP contribution is 2.18. The van der Waals surface area contributed by atoms with Crippen molar-refractivity contribution in [3.05, 3.63) is 35.4 Å². The summed E-state index contributed by atoms with van der Waals surface area (Å²) >= 11 is 0. The zero-order valence-electron chi connectivity index (χ0n) is 12.1. The van der Waals surface area contributed by atoms with Crippen molar-refractivity contribution in [2.24, 2.45) is 0 Å². The minimum atomic E-state index is -0.855. The van der Waals surface area contributed by atoms with E-state index in [0.29, 0.717) is 19.2 Å². The number of hydrogen-bond donors (Lipinski definition) is 1. The Morgan fingerprint density at radius 1 is 1.48 bits per heavy atom. The summed E-state index contributed by atoms with van der Waals surface area (Å²) in [6, 6.07) is 2.38. The van der Waals surface area contributed by atoms with Gasteiger partial charge in [-0.1, -0.05) is 0 Å². The maximum absolute atomic E-state index is 13.7. The quantitative estimate of drug-likeness (QED) is 0.858. The molecule has 1 N–H and O–H groups in total. The van der Waals surface area contributed by atoms with Crippen LogP contribution in [0.15, 0.2) is 18.2 Å². The number of hydrogen-bond acceptors (Lipinski definition) is 4. The highest BCUT2D eigenvalue weighted by Gasteiger charge is 2.32. The van der Waals surface area contributed by atoms with Crippen LogP contribution in [0.25, 0.3) is 0 Å². The highest BCUT2D eigenvalue weighted by molar-refractivity contribution is 6.00. The van der Waals surface area contributed by atoms with Crippen LogP contribution in [-0.2, 0) is 4.74 Å². The Balaban J connectivity index is 2.14. The van der Waals surface area contributed by atoms with Gasteiger partial charge in [0.2, 0.25) is 0 Å². The molecule has 1 aromatic carbocycles. The van der Waals surface area contributed by atoms with Gasteiger partial charge in [-0.2, -0.15) is 0 Å². The molecule has 1 saturated heterocycles. The SMILES string of the molecule is CC1CN(C(C)C(=O)c2ccc(F)cc2F)CC(CO)O1. The maximum atomic E-state index is 13.7. The van der Waals surface area contributed by atoms with Gasteiger partial charge in [0.25, 0.3) is 0 Å². The molecule has 0 radical (unpaired) electrons. The number of nitrogens with zero attached hydrogens (tertiary/aromatic N) is 1. The van der Waals surface area contributed by atoms with E-state index >= 15 is 0 Å². The lowest BCUT2D eigenvalue weighted by molar-refractivity contribution is -0.100. The third-order valence-electron chi connectivity index (χ3n) is 3.68. The number of aliphatic hydroxyl groups excluding tert-OH is 1. The number of rotatable bonds is 4. The van der Waals surface area contributed by atoms with Crippen molar-refractivity contribution in [2.45, 2.75) is 32.1 Å². The third-order valence-corrected chi connectivity index (χ3v) is 3.68. The summed E-state index contributed by atoms with van der Waals surface area (Å²) in [4.78, 5) is 14.2. The number of ketones is 1. The van der Waals surface area contributed by atoms with Crippen molar-refractivity contribution in [2.75, 3.05) is 19.7 Å². The van der Waals surface area contributed by atoms with Crippen LogP contribution >= 0.6 is 0 Å². The normalized spacial score (nSPS) is 24.8. The molecule has 0 saturated carbocycles. The van der Waals surface area contributed by atoms with Crippen molar-refractivity contribution in [1.29, 1.82) is 0 Å². The molecule has 1 aliphatic rings. The van der Waals surface area contributed by atoms with Gasteiger partial charge in [-0.05, 0) is 26.0 Å². The molecule has 0 bridgehead atoms. The van der Waals surface area contributed by atoms with Gasteiger partial charge in [-0.3, -0.25) is 9.69 Å². The fraction of sp³-hybridized carbons (Fsp3) is 0.533. The van der Waals surface area contributed by atoms with E-state index in [4.69, 9.17) is 4.74 Å². The fourth-order valence-electron chi connectivity index (χ4n) is 2.58. The predicted molar refractivity (Wildman–Crippen MR) is 73.1 cm³/mol. The zero-order valence-corrected chi connectivity index (χ0v) is 12.1. The number of carbonyl (C=O) groups is 1. The van der Waals surface area contributed by atoms with E-state index in [1.807, 2.05) is 11.8 Å². The molecule has 2 rings (SSSR count). The van der Waals surface area contributed by atoms with Crippen molar-refractivity contribution < 1.29 is 23.4 Å². The molecule has 1 aromatic rings. The van der Waals surface area contributed by atoms with E-state index in [0.717, 1.165) is 12.1 Å². The third kappa shape index (κ3) is 3.64. The molecule has 21 heavy (non-hydrogen) atoms. The monoisotopic (exact) mass is 299 g/mol. The second-order valence-electron chi connectivity index (χ2n) is 5.37. The lowest BCUT2D eigenvalue weighted by Crippen LogP contribution is -2.53. The summed E-state index contributed by atoms with van der Waals surface area (Å²) in [5.41, 5.74) is -0.122. The molecule has 0 amide bonds. The molecule has 1 heterocycles. The molecule has 0 aromatic heterocycles. The van der Waals surface area contributed by atoms with E-state index in [9.17, 15) is 18.7 Å². The standard InChI is InChI=1S/C15H19F2NO3/c1-9-6-18(7-12(8-19)21-9)10(2)15(20)13-4-3-11(16)5-14(13)17/h3-5,9-10,12,19H,6-8H2,1-2H3. The molecular weight excluding hydrogens is 280 g/mol. The molecular formula is C15H19F2NO3. The Morgan fingerprint density at radius 2 is 2.19 bits per heavy atom. The molecule has 3 unspecified atom stereocenters.